The van der Waals surface area contributed by atoms with Crippen molar-refractivity contribution in [1.82, 2.24) is 9.62 Å². The maximum absolute atomic E-state index is 13.6. The van der Waals surface area contributed by atoms with E-state index in [0.29, 0.717) is 43.0 Å². The van der Waals surface area contributed by atoms with E-state index in [4.69, 9.17) is 0 Å². The molecule has 0 radical (unpaired) electrons. The monoisotopic (exact) mass is 454 g/mol. The Labute approximate surface area is 179 Å². The van der Waals surface area contributed by atoms with E-state index in [9.17, 15) is 22.0 Å². The maximum Gasteiger partial charge on any atom is 0.243 e. The SMILES string of the molecule is O=C(NCCSCc1ccccc1F)C1CCCN(S(=O)(=O)c2ccc(F)cc2)C1. The second kappa shape index (κ2) is 10.4. The summed E-state index contributed by atoms with van der Waals surface area (Å²) in [5.41, 5.74) is 0.628. The first kappa shape index (κ1) is 22.7. The van der Waals surface area contributed by atoms with E-state index >= 15 is 0 Å². The van der Waals surface area contributed by atoms with Gasteiger partial charge in [-0.15, -0.1) is 0 Å². The molecule has 3 rings (SSSR count). The zero-order chi connectivity index (χ0) is 21.6. The molecule has 1 N–H and O–H groups in total. The molecule has 2 aromatic carbocycles. The number of nitrogens with one attached hydrogen (secondary N) is 1. The van der Waals surface area contributed by atoms with Gasteiger partial charge in [-0.3, -0.25) is 4.79 Å². The molecule has 1 fully saturated rings. The van der Waals surface area contributed by atoms with Crippen molar-refractivity contribution in [3.05, 3.63) is 65.7 Å². The van der Waals surface area contributed by atoms with Gasteiger partial charge in [-0.05, 0) is 48.7 Å². The number of thioether (sulfide) groups is 1. The molecule has 1 saturated heterocycles. The van der Waals surface area contributed by atoms with Crippen LogP contribution in [0.4, 0.5) is 8.78 Å². The second-order valence-electron chi connectivity index (χ2n) is 7.09. The molecule has 0 aromatic heterocycles. The van der Waals surface area contributed by atoms with E-state index in [0.717, 1.165) is 12.1 Å². The summed E-state index contributed by atoms with van der Waals surface area (Å²) in [6.07, 6.45) is 1.20. The van der Waals surface area contributed by atoms with Crippen LogP contribution in [0.3, 0.4) is 0 Å². The summed E-state index contributed by atoms with van der Waals surface area (Å²) >= 11 is 1.52. The van der Waals surface area contributed by atoms with E-state index in [2.05, 4.69) is 5.32 Å². The third kappa shape index (κ3) is 5.80. The highest BCUT2D eigenvalue weighted by Gasteiger charge is 2.33. The summed E-state index contributed by atoms with van der Waals surface area (Å²) < 4.78 is 53.5. The van der Waals surface area contributed by atoms with Crippen LogP contribution >= 0.6 is 11.8 Å². The number of carbonyl (C=O) groups excluding carboxylic acids is 1. The molecular formula is C21H24F2N2O3S2. The lowest BCUT2D eigenvalue weighted by molar-refractivity contribution is -0.125. The molecule has 1 aliphatic rings. The van der Waals surface area contributed by atoms with Crippen LogP contribution in [0.25, 0.3) is 0 Å². The van der Waals surface area contributed by atoms with E-state index in [1.54, 1.807) is 18.2 Å². The third-order valence-electron chi connectivity index (χ3n) is 4.97. The zero-order valence-corrected chi connectivity index (χ0v) is 18.0. The fraction of sp³-hybridized carbons (Fsp3) is 0.381. The maximum atomic E-state index is 13.6. The Bertz CT molecular complexity index is 968. The Hall–Kier alpha value is -1.97. The molecule has 1 heterocycles. The Balaban J connectivity index is 1.47. The van der Waals surface area contributed by atoms with Gasteiger partial charge in [-0.1, -0.05) is 18.2 Å². The van der Waals surface area contributed by atoms with Gasteiger partial charge in [0.1, 0.15) is 11.6 Å². The molecular weight excluding hydrogens is 430 g/mol. The molecule has 162 valence electrons. The number of rotatable bonds is 8. The van der Waals surface area contributed by atoms with E-state index < -0.39 is 21.8 Å². The first-order valence-electron chi connectivity index (χ1n) is 9.72. The van der Waals surface area contributed by atoms with Crippen LogP contribution in [0.5, 0.6) is 0 Å². The van der Waals surface area contributed by atoms with Crippen molar-refractivity contribution in [2.24, 2.45) is 5.92 Å². The van der Waals surface area contributed by atoms with Crippen molar-refractivity contribution in [2.75, 3.05) is 25.4 Å². The Morgan fingerprint density at radius 2 is 1.87 bits per heavy atom. The van der Waals surface area contributed by atoms with Crippen molar-refractivity contribution in [3.63, 3.8) is 0 Å². The van der Waals surface area contributed by atoms with Crippen molar-refractivity contribution in [1.29, 1.82) is 0 Å². The molecule has 0 saturated carbocycles. The van der Waals surface area contributed by atoms with Gasteiger partial charge in [0, 0.05) is 31.1 Å². The van der Waals surface area contributed by atoms with Gasteiger partial charge >= 0.3 is 0 Å². The highest BCUT2D eigenvalue weighted by molar-refractivity contribution is 7.98. The summed E-state index contributed by atoms with van der Waals surface area (Å²) in [6.45, 7) is 0.870. The molecule has 1 amide bonds. The lowest BCUT2D eigenvalue weighted by Gasteiger charge is -2.31. The number of amides is 1. The normalized spacial score (nSPS) is 17.6. The topological polar surface area (TPSA) is 66.5 Å². The van der Waals surface area contributed by atoms with Gasteiger partial charge in [0.15, 0.2) is 0 Å². The molecule has 0 aliphatic carbocycles. The largest absolute Gasteiger partial charge is 0.355 e. The van der Waals surface area contributed by atoms with Gasteiger partial charge in [0.25, 0.3) is 0 Å². The number of carbonyl (C=O) groups is 1. The Morgan fingerprint density at radius 1 is 1.13 bits per heavy atom. The predicted octanol–water partition coefficient (Wildman–Crippen LogP) is 3.42. The van der Waals surface area contributed by atoms with Gasteiger partial charge in [0.2, 0.25) is 15.9 Å². The average molecular weight is 455 g/mol. The van der Waals surface area contributed by atoms with Crippen LogP contribution in [0.1, 0.15) is 18.4 Å². The second-order valence-corrected chi connectivity index (χ2v) is 10.1. The Morgan fingerprint density at radius 3 is 2.60 bits per heavy atom. The molecule has 30 heavy (non-hydrogen) atoms. The van der Waals surface area contributed by atoms with Gasteiger partial charge in [-0.2, -0.15) is 16.1 Å². The smallest absolute Gasteiger partial charge is 0.243 e. The molecule has 1 unspecified atom stereocenters. The standard InChI is InChI=1S/C21H24F2N2O3S2/c22-18-7-9-19(10-8-18)30(27,28)25-12-3-5-16(14-25)21(26)24-11-13-29-15-17-4-1-2-6-20(17)23/h1-2,4,6-10,16H,3,5,11-15H2,(H,24,26). The van der Waals surface area contributed by atoms with Gasteiger partial charge in [0.05, 0.1) is 10.8 Å². The van der Waals surface area contributed by atoms with Crippen LogP contribution in [-0.2, 0) is 20.6 Å². The summed E-state index contributed by atoms with van der Waals surface area (Å²) in [6, 6.07) is 11.3. The lowest BCUT2D eigenvalue weighted by atomic mass is 9.99. The number of hydrogen-bond donors (Lipinski definition) is 1. The molecule has 1 aliphatic heterocycles. The van der Waals surface area contributed by atoms with E-state index in [-0.39, 0.29) is 23.2 Å². The first-order chi connectivity index (χ1) is 14.4. The molecule has 0 bridgehead atoms. The summed E-state index contributed by atoms with van der Waals surface area (Å²) in [5, 5.41) is 2.85. The van der Waals surface area contributed by atoms with Crippen LogP contribution < -0.4 is 5.32 Å². The quantitative estimate of drug-likeness (QED) is 0.621. The fourth-order valence-electron chi connectivity index (χ4n) is 3.32. The minimum Gasteiger partial charge on any atom is -0.355 e. The fourth-order valence-corrected chi connectivity index (χ4v) is 5.69. The highest BCUT2D eigenvalue weighted by atomic mass is 32.2. The minimum absolute atomic E-state index is 0.0227. The minimum atomic E-state index is -3.76. The number of sulfonamides is 1. The first-order valence-corrected chi connectivity index (χ1v) is 12.3. The van der Waals surface area contributed by atoms with Crippen LogP contribution in [0, 0.1) is 17.6 Å². The zero-order valence-electron chi connectivity index (χ0n) is 16.4. The molecule has 9 heteroatoms. The number of hydrogen-bond acceptors (Lipinski definition) is 4. The van der Waals surface area contributed by atoms with Gasteiger partial charge in [-0.25, -0.2) is 17.2 Å². The highest BCUT2D eigenvalue weighted by Crippen LogP contribution is 2.24. The predicted molar refractivity (Wildman–Crippen MR) is 113 cm³/mol. The number of benzene rings is 2. The molecule has 1 atom stereocenters. The van der Waals surface area contributed by atoms with Crippen molar-refractivity contribution < 1.29 is 22.0 Å². The molecule has 2 aromatic rings. The van der Waals surface area contributed by atoms with Crippen LogP contribution in [-0.4, -0.2) is 44.0 Å². The van der Waals surface area contributed by atoms with Crippen molar-refractivity contribution >= 4 is 27.7 Å². The Kier molecular flexibility index (Phi) is 7.85. The van der Waals surface area contributed by atoms with E-state index in [1.807, 2.05) is 0 Å². The van der Waals surface area contributed by atoms with Crippen LogP contribution in [0.15, 0.2) is 53.4 Å². The molecule has 0 spiro atoms. The summed E-state index contributed by atoms with van der Waals surface area (Å²) in [4.78, 5) is 12.5. The lowest BCUT2D eigenvalue weighted by Crippen LogP contribution is -2.45. The molecule has 5 nitrogen and oxygen atoms in total. The van der Waals surface area contributed by atoms with Gasteiger partial charge < -0.3 is 5.32 Å². The number of nitrogens with zero attached hydrogens (tertiary/aromatic N) is 1. The van der Waals surface area contributed by atoms with Crippen molar-refractivity contribution in [3.8, 4) is 0 Å². The third-order valence-corrected chi connectivity index (χ3v) is 7.85. The summed E-state index contributed by atoms with van der Waals surface area (Å²) in [5.74, 6) is -0.192. The van der Waals surface area contributed by atoms with E-state index in [1.165, 1.54) is 34.3 Å². The van der Waals surface area contributed by atoms with Crippen molar-refractivity contribution in [2.45, 2.75) is 23.5 Å². The van der Waals surface area contributed by atoms with Crippen LogP contribution in [0.2, 0.25) is 0 Å². The average Bonchev–Trinajstić information content (AvgIpc) is 2.75. The number of halogens is 2. The summed E-state index contributed by atoms with van der Waals surface area (Å²) in [7, 11) is -3.76. The number of piperidine rings is 1.